The molecule has 0 aromatic heterocycles. The van der Waals surface area contributed by atoms with Crippen LogP contribution in [0.3, 0.4) is 0 Å². The molecule has 2 aliphatic rings. The van der Waals surface area contributed by atoms with Gasteiger partial charge in [0.1, 0.15) is 16.8 Å². The number of carbonyl (C=O) groups is 3. The lowest BCUT2D eigenvalue weighted by Crippen LogP contribution is -2.56. The van der Waals surface area contributed by atoms with Gasteiger partial charge in [-0.05, 0) is 106 Å². The van der Waals surface area contributed by atoms with Crippen molar-refractivity contribution in [2.75, 3.05) is 44.0 Å². The summed E-state index contributed by atoms with van der Waals surface area (Å²) >= 11 is 0. The van der Waals surface area contributed by atoms with Crippen LogP contribution in [0, 0.1) is 0 Å². The zero-order chi connectivity index (χ0) is 36.0. The van der Waals surface area contributed by atoms with Crippen molar-refractivity contribution in [2.24, 2.45) is 5.10 Å². The van der Waals surface area contributed by atoms with Crippen molar-refractivity contribution in [1.82, 2.24) is 9.80 Å². The number of benzene rings is 1. The fourth-order valence-corrected chi connectivity index (χ4v) is 8.71. The summed E-state index contributed by atoms with van der Waals surface area (Å²) in [4.78, 5) is 43.4. The minimum Gasteiger partial charge on any atom is -0.459 e. The molecule has 2 heterocycles. The number of anilines is 1. The van der Waals surface area contributed by atoms with E-state index in [1.807, 2.05) is 23.4 Å². The number of amides is 2. The number of hydrazone groups is 1. The van der Waals surface area contributed by atoms with Crippen molar-refractivity contribution in [1.29, 1.82) is 0 Å². The van der Waals surface area contributed by atoms with Crippen LogP contribution in [0.2, 0.25) is 0 Å². The van der Waals surface area contributed by atoms with Gasteiger partial charge in [0.15, 0.2) is 5.16 Å². The Morgan fingerprint density at radius 2 is 1.46 bits per heavy atom. The van der Waals surface area contributed by atoms with E-state index in [1.165, 1.54) is 0 Å². The molecular formula is C35H57N4O8P. The first-order valence-corrected chi connectivity index (χ1v) is 18.8. The van der Waals surface area contributed by atoms with Gasteiger partial charge in [-0.25, -0.2) is 14.5 Å². The lowest BCUT2D eigenvalue weighted by Gasteiger charge is -2.46. The van der Waals surface area contributed by atoms with E-state index in [9.17, 15) is 18.9 Å². The molecule has 2 amide bonds. The Bertz CT molecular complexity index is 1320. The van der Waals surface area contributed by atoms with Gasteiger partial charge in [-0.2, -0.15) is 5.10 Å². The first-order valence-electron chi connectivity index (χ1n) is 17.0. The zero-order valence-corrected chi connectivity index (χ0v) is 31.6. The molecule has 1 saturated heterocycles. The van der Waals surface area contributed by atoms with Gasteiger partial charge in [0.05, 0.1) is 12.3 Å². The summed E-state index contributed by atoms with van der Waals surface area (Å²) in [7, 11) is -3.55. The van der Waals surface area contributed by atoms with Crippen LogP contribution >= 0.6 is 7.37 Å². The Labute approximate surface area is 286 Å². The Balaban J connectivity index is 1.86. The Morgan fingerprint density at radius 1 is 0.875 bits per heavy atom. The van der Waals surface area contributed by atoms with Gasteiger partial charge in [-0.3, -0.25) is 19.3 Å². The maximum Gasteiger partial charge on any atom is 0.419 e. The van der Waals surface area contributed by atoms with Crippen LogP contribution in [-0.4, -0.2) is 95.1 Å². The van der Waals surface area contributed by atoms with Gasteiger partial charge in [0.25, 0.3) is 0 Å². The Kier molecular flexibility index (Phi) is 12.9. The van der Waals surface area contributed by atoms with E-state index < -0.39 is 47.5 Å². The molecular weight excluding hydrogens is 635 g/mol. The Hall–Kier alpha value is -2.95. The van der Waals surface area contributed by atoms with E-state index in [1.54, 1.807) is 69.2 Å². The second-order valence-corrected chi connectivity index (χ2v) is 18.4. The van der Waals surface area contributed by atoms with Gasteiger partial charge >= 0.3 is 18.2 Å². The van der Waals surface area contributed by atoms with Crippen molar-refractivity contribution < 1.29 is 37.7 Å². The fraction of sp³-hybridized carbons (Fsp3) is 0.714. The summed E-state index contributed by atoms with van der Waals surface area (Å²) < 4.78 is 37.7. The highest BCUT2D eigenvalue weighted by molar-refractivity contribution is 7.62. The molecule has 12 nitrogen and oxygen atoms in total. The van der Waals surface area contributed by atoms with Gasteiger partial charge in [-0.1, -0.05) is 12.1 Å². The van der Waals surface area contributed by atoms with Gasteiger partial charge in [-0.15, -0.1) is 0 Å². The van der Waals surface area contributed by atoms with E-state index in [2.05, 4.69) is 22.1 Å². The van der Waals surface area contributed by atoms with Gasteiger partial charge in [0, 0.05) is 51.5 Å². The number of rotatable bonds is 11. The molecule has 1 fully saturated rings. The highest BCUT2D eigenvalue weighted by Crippen LogP contribution is 2.64. The molecule has 0 saturated carbocycles. The van der Waals surface area contributed by atoms with Crippen LogP contribution in [0.5, 0.6) is 0 Å². The predicted octanol–water partition coefficient (Wildman–Crippen LogP) is 7.44. The van der Waals surface area contributed by atoms with E-state index in [0.29, 0.717) is 25.9 Å². The summed E-state index contributed by atoms with van der Waals surface area (Å²) in [5, 5.41) is 4.91. The van der Waals surface area contributed by atoms with Crippen LogP contribution < -0.4 is 5.01 Å². The zero-order valence-electron chi connectivity index (χ0n) is 30.7. The molecule has 1 aromatic carbocycles. The van der Waals surface area contributed by atoms with Crippen LogP contribution in [0.15, 0.2) is 29.4 Å². The molecule has 0 N–H and O–H groups in total. The standard InChI is InChI=1S/C35H57N4O8P/c1-11-44-48(43)24-23-37(25-27-15-17-28(18-16-27)39-22-14-20-36-39)26-35(48,29(40)45-32(2,3)4)19-12-13-21-38(30(41)46-33(5,6)7)31(42)47-34(8,9)10/h15-18,20H,11-14,19,21-26H2,1-10H3. The SMILES string of the molecule is CCOP1(=O)CCN(Cc2ccc(N3CCC=N3)cc2)CC1(CCCCN(C(=O)OC(C)(C)C)C(=O)OC(C)(C)C)C(=O)OC(C)(C)C. The summed E-state index contributed by atoms with van der Waals surface area (Å²) in [6.07, 6.45) is 2.24. The van der Waals surface area contributed by atoms with Crippen molar-refractivity contribution >= 4 is 37.4 Å². The molecule has 2 unspecified atom stereocenters. The van der Waals surface area contributed by atoms with Crippen LogP contribution in [0.4, 0.5) is 15.3 Å². The third kappa shape index (κ3) is 11.0. The number of hydrogen-bond acceptors (Lipinski definition) is 11. The highest BCUT2D eigenvalue weighted by Gasteiger charge is 2.59. The van der Waals surface area contributed by atoms with Crippen LogP contribution in [0.1, 0.15) is 100 Å². The molecule has 3 rings (SSSR count). The minimum absolute atomic E-state index is 0.00963. The third-order valence-electron chi connectivity index (χ3n) is 7.75. The smallest absolute Gasteiger partial charge is 0.419 e. The molecule has 270 valence electrons. The quantitative estimate of drug-likeness (QED) is 0.1000. The summed E-state index contributed by atoms with van der Waals surface area (Å²) in [5.41, 5.74) is -0.394. The molecule has 0 radical (unpaired) electrons. The maximum atomic E-state index is 14.7. The van der Waals surface area contributed by atoms with E-state index in [-0.39, 0.29) is 32.3 Å². The van der Waals surface area contributed by atoms with Gasteiger partial charge in [0.2, 0.25) is 7.37 Å². The minimum atomic E-state index is -3.55. The van der Waals surface area contributed by atoms with Crippen molar-refractivity contribution in [3.63, 3.8) is 0 Å². The number of imide groups is 1. The molecule has 0 spiro atoms. The first kappa shape index (κ1) is 39.5. The number of carbonyl (C=O) groups excluding carboxylic acids is 3. The van der Waals surface area contributed by atoms with E-state index in [0.717, 1.165) is 29.1 Å². The molecule has 2 aliphatic heterocycles. The maximum absolute atomic E-state index is 14.7. The van der Waals surface area contributed by atoms with E-state index >= 15 is 0 Å². The average Bonchev–Trinajstić information content (AvgIpc) is 3.47. The molecule has 2 atom stereocenters. The lowest BCUT2D eigenvalue weighted by molar-refractivity contribution is -0.160. The number of esters is 1. The molecule has 13 heteroatoms. The second kappa shape index (κ2) is 15.7. The molecule has 0 aliphatic carbocycles. The van der Waals surface area contributed by atoms with Crippen molar-refractivity contribution in [3.05, 3.63) is 29.8 Å². The second-order valence-electron chi connectivity index (χ2n) is 15.5. The number of unbranched alkanes of at least 4 members (excludes halogenated alkanes) is 1. The third-order valence-corrected chi connectivity index (χ3v) is 11.1. The van der Waals surface area contributed by atoms with Crippen molar-refractivity contribution in [3.8, 4) is 0 Å². The fourth-order valence-electron chi connectivity index (χ4n) is 5.70. The lowest BCUT2D eigenvalue weighted by atomic mass is 9.98. The number of hydrogen-bond donors (Lipinski definition) is 0. The van der Waals surface area contributed by atoms with Gasteiger partial charge < -0.3 is 18.7 Å². The largest absolute Gasteiger partial charge is 0.459 e. The highest BCUT2D eigenvalue weighted by atomic mass is 31.2. The average molecular weight is 693 g/mol. The predicted molar refractivity (Wildman–Crippen MR) is 188 cm³/mol. The normalized spacial score (nSPS) is 22.0. The molecule has 48 heavy (non-hydrogen) atoms. The topological polar surface area (TPSA) is 127 Å². The first-order chi connectivity index (χ1) is 22.2. The Morgan fingerprint density at radius 3 is 1.96 bits per heavy atom. The van der Waals surface area contributed by atoms with Crippen LogP contribution in [0.25, 0.3) is 0 Å². The van der Waals surface area contributed by atoms with E-state index in [4.69, 9.17) is 18.7 Å². The number of nitrogens with zero attached hydrogens (tertiary/aromatic N) is 4. The molecule has 0 bridgehead atoms. The number of ether oxygens (including phenoxy) is 3. The summed E-state index contributed by atoms with van der Waals surface area (Å²) in [6.45, 7) is 19.7. The van der Waals surface area contributed by atoms with Crippen molar-refractivity contribution in [2.45, 2.75) is 123 Å². The molecule has 1 aromatic rings. The summed E-state index contributed by atoms with van der Waals surface area (Å²) in [5.74, 6) is -0.560. The van der Waals surface area contributed by atoms with Crippen LogP contribution in [-0.2, 0) is 34.6 Å². The summed E-state index contributed by atoms with van der Waals surface area (Å²) in [6, 6.07) is 8.18. The monoisotopic (exact) mass is 692 g/mol.